The molecule has 1 aromatic rings. The van der Waals surface area contributed by atoms with E-state index in [0.29, 0.717) is 11.6 Å². The predicted molar refractivity (Wildman–Crippen MR) is 41.2 cm³/mol. The molecule has 0 amide bonds. The summed E-state index contributed by atoms with van der Waals surface area (Å²) in [4.78, 5) is 0. The highest BCUT2D eigenvalue weighted by Crippen LogP contribution is 2.29. The Morgan fingerprint density at radius 3 is 3.18 bits per heavy atom. The zero-order valence-electron chi connectivity index (χ0n) is 5.75. The van der Waals surface area contributed by atoms with Gasteiger partial charge in [0.25, 0.3) is 0 Å². The van der Waals surface area contributed by atoms with Crippen molar-refractivity contribution in [1.29, 1.82) is 0 Å². The normalized spacial score (nSPS) is 21.8. The van der Waals surface area contributed by atoms with Crippen molar-refractivity contribution in [3.8, 4) is 0 Å². The van der Waals surface area contributed by atoms with E-state index in [9.17, 15) is 5.11 Å². The number of fused-ring (bicyclic) bond motifs is 1. The summed E-state index contributed by atoms with van der Waals surface area (Å²) in [6.07, 6.45) is -0.762. The average molecular weight is 171 g/mol. The molecule has 1 N–H and O–H groups in total. The van der Waals surface area contributed by atoms with Gasteiger partial charge >= 0.3 is 0 Å². The van der Waals surface area contributed by atoms with E-state index in [1.807, 2.05) is 6.07 Å². The molecule has 0 bridgehead atoms. The van der Waals surface area contributed by atoms with E-state index in [1.165, 1.54) is 0 Å². The maximum absolute atomic E-state index is 9.21. The molecule has 0 unspecified atom stereocenters. The van der Waals surface area contributed by atoms with Crippen molar-refractivity contribution in [2.45, 2.75) is 12.9 Å². The van der Waals surface area contributed by atoms with Gasteiger partial charge in [-0.2, -0.15) is 0 Å². The fourth-order valence-electron chi connectivity index (χ4n) is 1.20. The predicted octanol–water partition coefficient (Wildman–Crippen LogP) is 1.86. The molecule has 3 heteroatoms. The summed E-state index contributed by atoms with van der Waals surface area (Å²) < 4.78 is 4.98. The van der Waals surface area contributed by atoms with Crippen molar-refractivity contribution in [3.05, 3.63) is 34.3 Å². The first-order valence-corrected chi connectivity index (χ1v) is 3.73. The third-order valence-electron chi connectivity index (χ3n) is 1.77. The molecule has 1 aliphatic rings. The van der Waals surface area contributed by atoms with E-state index in [1.54, 1.807) is 12.1 Å². The summed E-state index contributed by atoms with van der Waals surface area (Å²) in [5.74, 6) is 0. The van der Waals surface area contributed by atoms with E-state index in [4.69, 9.17) is 16.3 Å². The maximum atomic E-state index is 9.21. The van der Waals surface area contributed by atoms with Gasteiger partial charge in [-0.3, -0.25) is 0 Å². The zero-order chi connectivity index (χ0) is 7.84. The molecule has 1 aromatic carbocycles. The summed E-state index contributed by atoms with van der Waals surface area (Å²) in [7, 11) is 0. The molecule has 0 spiro atoms. The number of aliphatic hydroxyl groups is 1. The molecule has 1 heterocycles. The standard InChI is InChI=1S/C8H7ClO2/c9-6-1-2-7-5(3-6)4-11-8(7)10/h1-3,8,10H,4H2/t8-/m1/s1. The van der Waals surface area contributed by atoms with Crippen molar-refractivity contribution in [2.24, 2.45) is 0 Å². The molecule has 0 saturated carbocycles. The molecule has 0 aliphatic carbocycles. The van der Waals surface area contributed by atoms with Gasteiger partial charge in [0.15, 0.2) is 6.29 Å². The van der Waals surface area contributed by atoms with Gasteiger partial charge in [-0.1, -0.05) is 17.7 Å². The Hall–Kier alpha value is -0.570. The highest BCUT2D eigenvalue weighted by Gasteiger charge is 2.20. The number of halogens is 1. The molecule has 0 fully saturated rings. The lowest BCUT2D eigenvalue weighted by Crippen LogP contribution is -1.91. The van der Waals surface area contributed by atoms with Gasteiger partial charge < -0.3 is 9.84 Å². The zero-order valence-corrected chi connectivity index (χ0v) is 6.51. The van der Waals surface area contributed by atoms with Crippen LogP contribution < -0.4 is 0 Å². The van der Waals surface area contributed by atoms with Crippen molar-refractivity contribution in [2.75, 3.05) is 0 Å². The van der Waals surface area contributed by atoms with Gasteiger partial charge in [0.05, 0.1) is 6.61 Å². The van der Waals surface area contributed by atoms with E-state index < -0.39 is 6.29 Å². The SMILES string of the molecule is O[C@@H]1OCc2cc(Cl)ccc21. The number of benzene rings is 1. The average Bonchev–Trinajstić information content (AvgIpc) is 2.32. The lowest BCUT2D eigenvalue weighted by Gasteiger charge is -2.00. The summed E-state index contributed by atoms with van der Waals surface area (Å²) in [5, 5.41) is 9.89. The van der Waals surface area contributed by atoms with Crippen molar-refractivity contribution in [3.63, 3.8) is 0 Å². The van der Waals surface area contributed by atoms with Crippen molar-refractivity contribution >= 4 is 11.6 Å². The number of hydrogen-bond donors (Lipinski definition) is 1. The molecular weight excluding hydrogens is 164 g/mol. The Morgan fingerprint density at radius 1 is 1.55 bits per heavy atom. The minimum atomic E-state index is -0.762. The Labute approximate surface area is 69.4 Å². The molecule has 0 saturated heterocycles. The summed E-state index contributed by atoms with van der Waals surface area (Å²) >= 11 is 5.73. The molecule has 11 heavy (non-hydrogen) atoms. The highest BCUT2D eigenvalue weighted by atomic mass is 35.5. The fourth-order valence-corrected chi connectivity index (χ4v) is 1.39. The molecule has 2 nitrogen and oxygen atoms in total. The van der Waals surface area contributed by atoms with E-state index >= 15 is 0 Å². The largest absolute Gasteiger partial charge is 0.364 e. The van der Waals surface area contributed by atoms with Gasteiger partial charge in [0, 0.05) is 10.6 Å². The number of aliphatic hydroxyl groups excluding tert-OH is 1. The van der Waals surface area contributed by atoms with Gasteiger partial charge in [-0.15, -0.1) is 0 Å². The Bertz CT molecular complexity index is 285. The lowest BCUT2D eigenvalue weighted by molar-refractivity contribution is -0.0918. The van der Waals surface area contributed by atoms with E-state index in [0.717, 1.165) is 11.1 Å². The number of ether oxygens (including phenoxy) is 1. The van der Waals surface area contributed by atoms with Crippen LogP contribution >= 0.6 is 11.6 Å². The smallest absolute Gasteiger partial charge is 0.181 e. The van der Waals surface area contributed by atoms with Crippen LogP contribution in [0.15, 0.2) is 18.2 Å². The van der Waals surface area contributed by atoms with E-state index in [2.05, 4.69) is 0 Å². The molecule has 0 radical (unpaired) electrons. The van der Waals surface area contributed by atoms with Crippen LogP contribution in [0.25, 0.3) is 0 Å². The number of rotatable bonds is 0. The quantitative estimate of drug-likeness (QED) is 0.644. The lowest BCUT2D eigenvalue weighted by atomic mass is 10.1. The number of hydrogen-bond acceptors (Lipinski definition) is 2. The van der Waals surface area contributed by atoms with Crippen molar-refractivity contribution in [1.82, 2.24) is 0 Å². The Morgan fingerprint density at radius 2 is 2.36 bits per heavy atom. The second kappa shape index (κ2) is 2.48. The van der Waals surface area contributed by atoms with E-state index in [-0.39, 0.29) is 0 Å². The third-order valence-corrected chi connectivity index (χ3v) is 2.00. The van der Waals surface area contributed by atoms with Gasteiger partial charge in [-0.25, -0.2) is 0 Å². The molecule has 2 rings (SSSR count). The van der Waals surface area contributed by atoms with Crippen LogP contribution in [0.2, 0.25) is 5.02 Å². The maximum Gasteiger partial charge on any atom is 0.181 e. The first-order valence-electron chi connectivity index (χ1n) is 3.35. The fraction of sp³-hybridized carbons (Fsp3) is 0.250. The van der Waals surface area contributed by atoms with Gasteiger partial charge in [0.2, 0.25) is 0 Å². The molecular formula is C8H7ClO2. The molecule has 0 aromatic heterocycles. The molecule has 58 valence electrons. The third kappa shape index (κ3) is 1.13. The van der Waals surface area contributed by atoms with Crippen LogP contribution in [0.3, 0.4) is 0 Å². The second-order valence-corrected chi connectivity index (χ2v) is 2.94. The minimum Gasteiger partial charge on any atom is -0.364 e. The Balaban J connectivity index is 2.50. The Kier molecular flexibility index (Phi) is 1.60. The van der Waals surface area contributed by atoms with Gasteiger partial charge in [-0.05, 0) is 17.7 Å². The first-order chi connectivity index (χ1) is 5.27. The molecule has 1 aliphatic heterocycles. The van der Waals surface area contributed by atoms with Crippen LogP contribution in [0.5, 0.6) is 0 Å². The topological polar surface area (TPSA) is 29.5 Å². The first kappa shape index (κ1) is 7.10. The van der Waals surface area contributed by atoms with Crippen LogP contribution in [-0.2, 0) is 11.3 Å². The minimum absolute atomic E-state index is 0.455. The summed E-state index contributed by atoms with van der Waals surface area (Å²) in [5.41, 5.74) is 1.81. The van der Waals surface area contributed by atoms with Crippen LogP contribution in [0.1, 0.15) is 17.4 Å². The van der Waals surface area contributed by atoms with Crippen LogP contribution in [-0.4, -0.2) is 5.11 Å². The van der Waals surface area contributed by atoms with Crippen LogP contribution in [0.4, 0.5) is 0 Å². The second-order valence-electron chi connectivity index (χ2n) is 2.51. The monoisotopic (exact) mass is 170 g/mol. The van der Waals surface area contributed by atoms with Gasteiger partial charge in [0.1, 0.15) is 0 Å². The van der Waals surface area contributed by atoms with Crippen molar-refractivity contribution < 1.29 is 9.84 Å². The molecule has 1 atom stereocenters. The highest BCUT2D eigenvalue weighted by molar-refractivity contribution is 6.30. The summed E-state index contributed by atoms with van der Waals surface area (Å²) in [6, 6.07) is 5.35. The van der Waals surface area contributed by atoms with Crippen LogP contribution in [0, 0.1) is 0 Å². The summed E-state index contributed by atoms with van der Waals surface area (Å²) in [6.45, 7) is 0.455.